The van der Waals surface area contributed by atoms with E-state index in [1.54, 1.807) is 6.07 Å². The first-order valence-electron chi connectivity index (χ1n) is 10.6. The summed E-state index contributed by atoms with van der Waals surface area (Å²) in [5, 5.41) is 11.1. The van der Waals surface area contributed by atoms with E-state index in [1.807, 2.05) is 0 Å². The molecule has 0 aromatic heterocycles. The van der Waals surface area contributed by atoms with Crippen LogP contribution in [-0.2, 0) is 26.0 Å². The third kappa shape index (κ3) is 5.64. The van der Waals surface area contributed by atoms with Crippen LogP contribution < -0.4 is 14.4 Å². The maximum absolute atomic E-state index is 13.6. The Labute approximate surface area is 210 Å². The van der Waals surface area contributed by atoms with Gasteiger partial charge in [-0.05, 0) is 48.5 Å². The number of hydrogen-bond acceptors (Lipinski definition) is 6. The van der Waals surface area contributed by atoms with Crippen molar-refractivity contribution in [3.05, 3.63) is 78.4 Å². The molecule has 0 bridgehead atoms. The zero-order chi connectivity index (χ0) is 27.0. The van der Waals surface area contributed by atoms with Crippen LogP contribution in [0.25, 0.3) is 0 Å². The van der Waals surface area contributed by atoms with Crippen LogP contribution in [0.3, 0.4) is 0 Å². The van der Waals surface area contributed by atoms with E-state index in [0.29, 0.717) is 6.07 Å². The Bertz CT molecular complexity index is 1540. The summed E-state index contributed by atoms with van der Waals surface area (Å²) in [6.07, 6.45) is -7.47. The second-order valence-corrected chi connectivity index (χ2v) is 11.9. The van der Waals surface area contributed by atoms with Crippen LogP contribution in [-0.4, -0.2) is 46.4 Å². The van der Waals surface area contributed by atoms with Crippen molar-refractivity contribution in [3.63, 3.8) is 0 Å². The van der Waals surface area contributed by atoms with Gasteiger partial charge in [-0.1, -0.05) is 24.3 Å². The van der Waals surface area contributed by atoms with Crippen molar-refractivity contribution in [1.82, 2.24) is 0 Å². The van der Waals surface area contributed by atoms with Gasteiger partial charge in [0.05, 0.1) is 33.3 Å². The number of amides is 1. The molecule has 1 unspecified atom stereocenters. The van der Waals surface area contributed by atoms with Crippen LogP contribution in [0.2, 0.25) is 0 Å². The summed E-state index contributed by atoms with van der Waals surface area (Å²) < 4.78 is 99.2. The monoisotopic (exact) mass is 556 g/mol. The largest absolute Gasteiger partial charge is 0.485 e. The third-order valence-electron chi connectivity index (χ3n) is 5.40. The first-order valence-corrected chi connectivity index (χ1v) is 13.6. The van der Waals surface area contributed by atoms with Gasteiger partial charge >= 0.3 is 12.3 Å². The molecule has 1 atom stereocenters. The van der Waals surface area contributed by atoms with Crippen molar-refractivity contribution < 1.29 is 44.6 Å². The molecule has 3 aromatic carbocycles. The van der Waals surface area contributed by atoms with Gasteiger partial charge < -0.3 is 9.84 Å². The number of hydrogen-bond donors (Lipinski definition) is 2. The number of sulfonamides is 1. The van der Waals surface area contributed by atoms with Crippen molar-refractivity contribution in [2.45, 2.75) is 22.1 Å². The van der Waals surface area contributed by atoms with Crippen molar-refractivity contribution in [2.24, 2.45) is 0 Å². The lowest BCUT2D eigenvalue weighted by molar-refractivity contribution is -0.137. The maximum Gasteiger partial charge on any atom is 0.416 e. The van der Waals surface area contributed by atoms with E-state index in [4.69, 9.17) is 9.84 Å². The molecule has 0 radical (unpaired) electrons. The lowest BCUT2D eigenvalue weighted by atomic mass is 10.2. The van der Waals surface area contributed by atoms with Crippen LogP contribution in [0.15, 0.2) is 82.6 Å². The average molecular weight is 557 g/mol. The summed E-state index contributed by atoms with van der Waals surface area (Å²) >= 11 is 0. The second-order valence-electron chi connectivity index (χ2n) is 8.01. The summed E-state index contributed by atoms with van der Waals surface area (Å²) in [5.41, 5.74) is -1.39. The highest BCUT2D eigenvalue weighted by Gasteiger charge is 2.38. The minimum Gasteiger partial charge on any atom is -0.485 e. The minimum absolute atomic E-state index is 0.0160. The average Bonchev–Trinajstić information content (AvgIpc) is 2.83. The number of ether oxygens (including phenoxy) is 1. The minimum atomic E-state index is -4.81. The van der Waals surface area contributed by atoms with Gasteiger partial charge in [-0.15, -0.1) is 0 Å². The van der Waals surface area contributed by atoms with Gasteiger partial charge in [-0.3, -0.25) is 9.62 Å². The lowest BCUT2D eigenvalue weighted by Crippen LogP contribution is -2.46. The number of carboxylic acid groups (broad SMARTS) is 1. The van der Waals surface area contributed by atoms with Gasteiger partial charge in [0.15, 0.2) is 9.84 Å². The first-order chi connectivity index (χ1) is 17.3. The number of fused-ring (bicyclic) bond motifs is 1. The van der Waals surface area contributed by atoms with Gasteiger partial charge in [0.25, 0.3) is 10.0 Å². The van der Waals surface area contributed by atoms with E-state index < -0.39 is 61.0 Å². The molecule has 1 amide bonds. The molecule has 37 heavy (non-hydrogen) atoms. The molecule has 0 spiro atoms. The number of carbonyl (C=O) groups is 1. The van der Waals surface area contributed by atoms with Crippen molar-refractivity contribution in [3.8, 4) is 5.75 Å². The quantitative estimate of drug-likeness (QED) is 0.465. The number of nitrogens with one attached hydrogen (secondary N) is 1. The molecule has 1 heterocycles. The summed E-state index contributed by atoms with van der Waals surface area (Å²) in [6.45, 7) is -0.561. The molecule has 3 aromatic rings. The molecule has 0 saturated heterocycles. The predicted molar refractivity (Wildman–Crippen MR) is 127 cm³/mol. The smallest absolute Gasteiger partial charge is 0.416 e. The number of benzene rings is 3. The Balaban J connectivity index is 1.78. The SMILES string of the molecule is O=C(O)Nc1ccc2c(c1)N(S(=O)(=O)c1cccc(C(F)(F)F)c1)CC(CS(=O)(=O)c1ccccc1)O2. The molecule has 0 aliphatic carbocycles. The second kappa shape index (κ2) is 9.59. The number of sulfone groups is 1. The molecule has 0 fully saturated rings. The summed E-state index contributed by atoms with van der Waals surface area (Å²) in [7, 11) is -8.60. The maximum atomic E-state index is 13.6. The Kier molecular flexibility index (Phi) is 6.81. The zero-order valence-electron chi connectivity index (χ0n) is 18.7. The summed E-state index contributed by atoms with van der Waals surface area (Å²) in [4.78, 5) is 10.4. The van der Waals surface area contributed by atoms with Gasteiger partial charge in [0.2, 0.25) is 0 Å². The van der Waals surface area contributed by atoms with Gasteiger partial charge in [-0.2, -0.15) is 13.2 Å². The molecule has 1 aliphatic rings. The van der Waals surface area contributed by atoms with E-state index in [1.165, 1.54) is 36.4 Å². The van der Waals surface area contributed by atoms with Crippen LogP contribution in [0.4, 0.5) is 29.3 Å². The topological polar surface area (TPSA) is 130 Å². The van der Waals surface area contributed by atoms with E-state index in [0.717, 1.165) is 28.6 Å². The molecule has 2 N–H and O–H groups in total. The van der Waals surface area contributed by atoms with Crippen LogP contribution in [0.5, 0.6) is 5.75 Å². The first kappa shape index (κ1) is 26.3. The van der Waals surface area contributed by atoms with Gasteiger partial charge in [0, 0.05) is 5.69 Å². The molecular weight excluding hydrogens is 537 g/mol. The normalized spacial score (nSPS) is 16.0. The fraction of sp³-hybridized carbons (Fsp3) is 0.174. The van der Waals surface area contributed by atoms with Crippen LogP contribution >= 0.6 is 0 Å². The fourth-order valence-electron chi connectivity index (χ4n) is 3.76. The fourth-order valence-corrected chi connectivity index (χ4v) is 6.73. The molecule has 9 nitrogen and oxygen atoms in total. The van der Waals surface area contributed by atoms with Crippen LogP contribution in [0, 0.1) is 0 Å². The van der Waals surface area contributed by atoms with Crippen molar-refractivity contribution >= 4 is 37.3 Å². The highest BCUT2D eigenvalue weighted by molar-refractivity contribution is 7.93. The Morgan fingerprint density at radius 3 is 2.30 bits per heavy atom. The van der Waals surface area contributed by atoms with Crippen molar-refractivity contribution in [1.29, 1.82) is 0 Å². The molecule has 1 aliphatic heterocycles. The number of alkyl halides is 3. The molecular formula is C23H19F3N2O7S2. The zero-order valence-corrected chi connectivity index (χ0v) is 20.3. The van der Waals surface area contributed by atoms with Gasteiger partial charge in [0.1, 0.15) is 11.9 Å². The Hall–Kier alpha value is -3.78. The lowest BCUT2D eigenvalue weighted by Gasteiger charge is -2.35. The van der Waals surface area contributed by atoms with Gasteiger partial charge in [-0.25, -0.2) is 21.6 Å². The molecule has 0 saturated carbocycles. The highest BCUT2D eigenvalue weighted by Crippen LogP contribution is 2.40. The standard InChI is InChI=1S/C23H19F3N2O7S2/c24-23(25,26)15-5-4-8-19(11-15)37(33,34)28-13-17(14-36(31,32)18-6-2-1-3-7-18)35-21-10-9-16(12-20(21)28)27-22(29)30/h1-12,17,27H,13-14H2,(H,29,30). The van der Waals surface area contributed by atoms with E-state index in [9.17, 15) is 34.8 Å². The van der Waals surface area contributed by atoms with Crippen LogP contribution in [0.1, 0.15) is 5.56 Å². The van der Waals surface area contributed by atoms with E-state index >= 15 is 0 Å². The number of halogens is 3. The Morgan fingerprint density at radius 1 is 0.973 bits per heavy atom. The predicted octanol–water partition coefficient (Wildman–Crippen LogP) is 4.23. The molecule has 4 rings (SSSR count). The number of rotatable bonds is 6. The number of anilines is 2. The van der Waals surface area contributed by atoms with E-state index in [-0.39, 0.29) is 22.0 Å². The number of nitrogens with zero attached hydrogens (tertiary/aromatic N) is 1. The molecule has 14 heteroatoms. The summed E-state index contributed by atoms with van der Waals surface area (Å²) in [5.74, 6) is -0.716. The summed E-state index contributed by atoms with van der Waals surface area (Å²) in [6, 6.07) is 14.2. The third-order valence-corrected chi connectivity index (χ3v) is 8.98. The highest BCUT2D eigenvalue weighted by atomic mass is 32.2. The van der Waals surface area contributed by atoms with Crippen molar-refractivity contribution in [2.75, 3.05) is 21.9 Å². The Morgan fingerprint density at radius 2 is 1.65 bits per heavy atom. The molecule has 196 valence electrons. The van der Waals surface area contributed by atoms with E-state index in [2.05, 4.69) is 5.32 Å².